The van der Waals surface area contributed by atoms with E-state index in [1.54, 1.807) is 0 Å². The molecule has 14 N–H and O–H groups in total. The van der Waals surface area contributed by atoms with Gasteiger partial charge in [-0.3, -0.25) is 38.6 Å². The van der Waals surface area contributed by atoms with E-state index >= 15 is 0 Å². The molecule has 0 aromatic heterocycles. The largest absolute Gasteiger partial charge is 0.480 e. The van der Waals surface area contributed by atoms with Crippen LogP contribution in [0.15, 0.2) is 35.3 Å². The second-order valence-corrected chi connectivity index (χ2v) is 17.0. The average Bonchev–Trinajstić information content (AvgIpc) is 3.95. The van der Waals surface area contributed by atoms with Crippen LogP contribution in [0.4, 0.5) is 0 Å². The van der Waals surface area contributed by atoms with Crippen molar-refractivity contribution in [3.05, 3.63) is 35.9 Å². The Balaban J connectivity index is 1.65. The monoisotopic (exact) mass is 899 g/mol. The van der Waals surface area contributed by atoms with Crippen molar-refractivity contribution < 1.29 is 43.5 Å². The first-order valence-electron chi connectivity index (χ1n) is 22.2. The molecule has 0 unspecified atom stereocenters. The summed E-state index contributed by atoms with van der Waals surface area (Å²) in [5.74, 6) is -5.48. The number of hydrogen-bond acceptors (Lipinski definition) is 11. The molecule has 7 amide bonds. The van der Waals surface area contributed by atoms with Crippen LogP contribution in [0.2, 0.25) is 0 Å². The zero-order chi connectivity index (χ0) is 47.5. The first-order valence-corrected chi connectivity index (χ1v) is 22.2. The number of nitrogens with one attached hydrogen (secondary N) is 5. The quantitative estimate of drug-likeness (QED) is 0.0298. The van der Waals surface area contributed by atoms with Crippen molar-refractivity contribution in [2.45, 2.75) is 147 Å². The summed E-state index contributed by atoms with van der Waals surface area (Å²) in [7, 11) is 0. The van der Waals surface area contributed by atoms with Crippen LogP contribution in [-0.2, 0) is 44.8 Å². The number of carboxylic acid groups (broad SMARTS) is 1. The number of amides is 7. The molecule has 1 aromatic rings. The lowest BCUT2D eigenvalue weighted by atomic mass is 10.0. The van der Waals surface area contributed by atoms with Gasteiger partial charge in [0.2, 0.25) is 41.4 Å². The highest BCUT2D eigenvalue weighted by Crippen LogP contribution is 2.23. The molecule has 2 aliphatic heterocycles. The summed E-state index contributed by atoms with van der Waals surface area (Å²) >= 11 is 0. The van der Waals surface area contributed by atoms with E-state index in [0.717, 1.165) is 5.56 Å². The topological polar surface area (TPSA) is 340 Å². The maximum atomic E-state index is 14.2. The summed E-state index contributed by atoms with van der Waals surface area (Å²) in [6.45, 7) is 7.62. The van der Waals surface area contributed by atoms with Gasteiger partial charge in [0.25, 0.3) is 0 Å². The lowest BCUT2D eigenvalue weighted by Gasteiger charge is -2.32. The molecule has 2 fully saturated rings. The van der Waals surface area contributed by atoms with Crippen molar-refractivity contribution >= 4 is 53.3 Å². The summed E-state index contributed by atoms with van der Waals surface area (Å²) in [4.78, 5) is 113. The van der Waals surface area contributed by atoms with Gasteiger partial charge in [0.05, 0.1) is 6.04 Å². The highest BCUT2D eigenvalue weighted by molar-refractivity contribution is 5.98. The Hall–Kier alpha value is -5.83. The molecule has 2 aliphatic rings. The molecule has 2 heterocycles. The minimum absolute atomic E-state index is 0.0332. The number of benzene rings is 1. The van der Waals surface area contributed by atoms with E-state index in [9.17, 15) is 43.5 Å². The highest BCUT2D eigenvalue weighted by atomic mass is 16.4. The van der Waals surface area contributed by atoms with Crippen LogP contribution < -0.4 is 49.5 Å². The van der Waals surface area contributed by atoms with Crippen LogP contribution in [0, 0.1) is 5.92 Å². The van der Waals surface area contributed by atoms with Gasteiger partial charge in [0.15, 0.2) is 5.96 Å². The molecular formula is C43H70N12O9. The van der Waals surface area contributed by atoms with Crippen molar-refractivity contribution in [3.63, 3.8) is 0 Å². The van der Waals surface area contributed by atoms with E-state index < -0.39 is 95.7 Å². The fraction of sp³-hybridized carbons (Fsp3) is 0.651. The first-order chi connectivity index (χ1) is 30.3. The molecule has 21 nitrogen and oxygen atoms in total. The SMILES string of the molecule is CC(C)C[C@H](NC(=O)[C@@H]1CCCN1C(=O)[C@H](CCCCN)NC(=O)[C@@H](N)Cc1ccccc1)C(=O)N1CCC[C@H]1C(=O)N[C@@H](C)C(=O)N[C@H](C)C(=O)N[C@@H](CCCN=C(N)N)C(=O)O. The Morgan fingerprint density at radius 1 is 0.703 bits per heavy atom. The zero-order valence-corrected chi connectivity index (χ0v) is 37.6. The van der Waals surface area contributed by atoms with Gasteiger partial charge in [-0.15, -0.1) is 0 Å². The van der Waals surface area contributed by atoms with Crippen LogP contribution in [0.3, 0.4) is 0 Å². The third-order valence-electron chi connectivity index (χ3n) is 11.3. The van der Waals surface area contributed by atoms with Crippen LogP contribution in [-0.4, -0.2) is 143 Å². The average molecular weight is 899 g/mol. The minimum atomic E-state index is -1.28. The number of carbonyl (C=O) groups excluding carboxylic acids is 7. The number of carboxylic acids is 1. The van der Waals surface area contributed by atoms with E-state index in [1.165, 1.54) is 23.6 Å². The second kappa shape index (κ2) is 26.1. The number of aliphatic imine (C=N–C) groups is 1. The number of nitrogens with zero attached hydrogens (tertiary/aromatic N) is 3. The zero-order valence-electron chi connectivity index (χ0n) is 37.6. The van der Waals surface area contributed by atoms with Gasteiger partial charge in [0, 0.05) is 19.6 Å². The third-order valence-corrected chi connectivity index (χ3v) is 11.3. The lowest BCUT2D eigenvalue weighted by molar-refractivity contribution is -0.145. The molecule has 64 heavy (non-hydrogen) atoms. The van der Waals surface area contributed by atoms with Gasteiger partial charge in [-0.25, -0.2) is 4.79 Å². The van der Waals surface area contributed by atoms with E-state index in [-0.39, 0.29) is 57.2 Å². The van der Waals surface area contributed by atoms with Gasteiger partial charge in [-0.1, -0.05) is 44.2 Å². The molecule has 1 aromatic carbocycles. The molecule has 3 rings (SSSR count). The molecule has 0 saturated carbocycles. The molecule has 356 valence electrons. The highest BCUT2D eigenvalue weighted by Gasteiger charge is 2.42. The Morgan fingerprint density at radius 2 is 1.23 bits per heavy atom. The Kier molecular flexibility index (Phi) is 21.4. The number of guanidine groups is 1. The maximum absolute atomic E-state index is 14.2. The van der Waals surface area contributed by atoms with Gasteiger partial charge in [0.1, 0.15) is 42.3 Å². The molecule has 0 bridgehead atoms. The first kappa shape index (κ1) is 52.5. The van der Waals surface area contributed by atoms with E-state index in [1.807, 2.05) is 44.2 Å². The number of rotatable bonds is 25. The van der Waals surface area contributed by atoms with E-state index in [0.29, 0.717) is 51.5 Å². The molecule has 21 heteroatoms. The van der Waals surface area contributed by atoms with Gasteiger partial charge < -0.3 is 64.4 Å². The summed E-state index contributed by atoms with van der Waals surface area (Å²) in [5.41, 5.74) is 23.4. The van der Waals surface area contributed by atoms with Crippen molar-refractivity contribution in [2.24, 2.45) is 33.8 Å². The van der Waals surface area contributed by atoms with Crippen LogP contribution in [0.5, 0.6) is 0 Å². The fourth-order valence-corrected chi connectivity index (χ4v) is 7.79. The Bertz CT molecular complexity index is 1790. The molecule has 2 saturated heterocycles. The van der Waals surface area contributed by atoms with Crippen molar-refractivity contribution in [1.82, 2.24) is 36.4 Å². The van der Waals surface area contributed by atoms with Crippen LogP contribution in [0.25, 0.3) is 0 Å². The molecule has 8 atom stereocenters. The lowest BCUT2D eigenvalue weighted by Crippen LogP contribution is -2.59. The van der Waals surface area contributed by atoms with Crippen molar-refractivity contribution in [1.29, 1.82) is 0 Å². The summed E-state index contributed by atoms with van der Waals surface area (Å²) in [5, 5.41) is 22.7. The molecule has 0 spiro atoms. The fourth-order valence-electron chi connectivity index (χ4n) is 7.79. The van der Waals surface area contributed by atoms with Gasteiger partial charge in [-0.05, 0) is 103 Å². The van der Waals surface area contributed by atoms with Gasteiger partial charge >= 0.3 is 5.97 Å². The third kappa shape index (κ3) is 16.4. The smallest absolute Gasteiger partial charge is 0.326 e. The normalized spacial score (nSPS) is 18.7. The summed E-state index contributed by atoms with van der Waals surface area (Å²) in [6, 6.07) is 0.969. The number of hydrogen-bond donors (Lipinski definition) is 10. The molecule has 0 radical (unpaired) electrons. The minimum Gasteiger partial charge on any atom is -0.480 e. The number of carbonyl (C=O) groups is 8. The number of likely N-dealkylation sites (tertiary alicyclic amines) is 2. The molecular weight excluding hydrogens is 829 g/mol. The number of unbranched alkanes of at least 4 members (excludes halogenated alkanes) is 1. The van der Waals surface area contributed by atoms with Crippen molar-refractivity contribution in [3.8, 4) is 0 Å². The molecule has 0 aliphatic carbocycles. The predicted octanol–water partition coefficient (Wildman–Crippen LogP) is -1.68. The Morgan fingerprint density at radius 3 is 1.80 bits per heavy atom. The number of aliphatic carboxylic acids is 1. The van der Waals surface area contributed by atoms with Crippen molar-refractivity contribution in [2.75, 3.05) is 26.2 Å². The second-order valence-electron chi connectivity index (χ2n) is 17.0. The summed E-state index contributed by atoms with van der Waals surface area (Å²) in [6.07, 6.45) is 3.94. The maximum Gasteiger partial charge on any atom is 0.326 e. The van der Waals surface area contributed by atoms with Crippen LogP contribution >= 0.6 is 0 Å². The standard InChI is InChI=1S/C43H70N12O9/c1-25(2)23-32(53-39(60)34-18-12-21-54(34)40(61)30(15-8-9-19-44)51-37(58)29(45)24-28-13-6-5-7-14-28)41(62)55-22-11-17-33(55)38(59)50-26(3)35(56)49-27(4)36(57)52-31(42(63)64)16-10-20-48-43(46)47/h5-7,13-14,25-27,29-34H,8-12,15-24,44-45H2,1-4H3,(H,49,56)(H,50,59)(H,51,58)(H,52,57)(H,53,60)(H,63,64)(H4,46,47,48)/t26-,27+,29-,30-,31-,32-,33-,34-/m0/s1. The van der Waals surface area contributed by atoms with Crippen LogP contribution in [0.1, 0.15) is 97.5 Å². The number of nitrogens with two attached hydrogens (primary N) is 4. The van der Waals surface area contributed by atoms with Gasteiger partial charge in [-0.2, -0.15) is 0 Å². The Labute approximate surface area is 375 Å². The van der Waals surface area contributed by atoms with E-state index in [4.69, 9.17) is 22.9 Å². The predicted molar refractivity (Wildman–Crippen MR) is 238 cm³/mol. The van der Waals surface area contributed by atoms with E-state index in [2.05, 4.69) is 31.6 Å². The summed E-state index contributed by atoms with van der Waals surface area (Å²) < 4.78 is 0.